The minimum Gasteiger partial charge on any atom is -0.247 e. The number of allylic oxidation sites excluding steroid dienone is 2. The van der Waals surface area contributed by atoms with Crippen LogP contribution in [0.1, 0.15) is 37.1 Å². The highest BCUT2D eigenvalue weighted by Crippen LogP contribution is 2.78. The second-order valence-corrected chi connectivity index (χ2v) is 10.1. The first-order valence-corrected chi connectivity index (χ1v) is 10.7. The van der Waals surface area contributed by atoms with E-state index >= 15 is 0 Å². The minimum absolute atomic E-state index is 0.185. The molecular formula is C20H16Cl4N2. The molecule has 2 fully saturated rings. The van der Waals surface area contributed by atoms with E-state index in [-0.39, 0.29) is 11.8 Å². The predicted octanol–water partition coefficient (Wildman–Crippen LogP) is 6.27. The molecule has 134 valence electrons. The van der Waals surface area contributed by atoms with Crippen molar-refractivity contribution < 1.29 is 0 Å². The van der Waals surface area contributed by atoms with Crippen LogP contribution in [-0.4, -0.2) is 9.97 Å². The lowest BCUT2D eigenvalue weighted by Gasteiger charge is -2.69. The molecule has 5 aliphatic rings. The second kappa shape index (κ2) is 5.08. The normalized spacial score (nSPS) is 42.9. The van der Waals surface area contributed by atoms with E-state index in [2.05, 4.69) is 0 Å². The van der Waals surface area contributed by atoms with Crippen molar-refractivity contribution in [2.45, 2.75) is 35.4 Å². The van der Waals surface area contributed by atoms with Crippen LogP contribution in [0.4, 0.5) is 0 Å². The Balaban J connectivity index is 1.69. The highest BCUT2D eigenvalue weighted by atomic mass is 35.5. The summed E-state index contributed by atoms with van der Waals surface area (Å²) in [5, 5.41) is 0.913. The van der Waals surface area contributed by atoms with Crippen LogP contribution in [0.3, 0.4) is 0 Å². The van der Waals surface area contributed by atoms with Crippen LogP contribution in [0.15, 0.2) is 34.3 Å². The summed E-state index contributed by atoms with van der Waals surface area (Å²) >= 11 is 28.2. The summed E-state index contributed by atoms with van der Waals surface area (Å²) in [6.07, 6.45) is 4.87. The maximum Gasteiger partial charge on any atom is 0.128 e. The Morgan fingerprint density at radius 3 is 1.62 bits per heavy atom. The quantitative estimate of drug-likeness (QED) is 0.465. The summed E-state index contributed by atoms with van der Waals surface area (Å²) in [7, 11) is 0. The second-order valence-electron chi connectivity index (χ2n) is 8.12. The van der Waals surface area contributed by atoms with Gasteiger partial charge >= 0.3 is 0 Å². The highest BCUT2D eigenvalue weighted by molar-refractivity contribution is 6.49. The molecule has 0 spiro atoms. The minimum atomic E-state index is -0.898. The van der Waals surface area contributed by atoms with Gasteiger partial charge in [0.1, 0.15) is 9.75 Å². The summed E-state index contributed by atoms with van der Waals surface area (Å²) in [4.78, 5) is 8.00. The Morgan fingerprint density at radius 1 is 0.769 bits per heavy atom. The molecular weight excluding hydrogens is 410 g/mol. The molecule has 2 aromatic rings. The van der Waals surface area contributed by atoms with E-state index in [0.29, 0.717) is 33.3 Å². The van der Waals surface area contributed by atoms with E-state index in [1.54, 1.807) is 0 Å². The van der Waals surface area contributed by atoms with Gasteiger partial charge in [-0.05, 0) is 48.6 Å². The molecule has 0 aliphatic heterocycles. The van der Waals surface area contributed by atoms with E-state index < -0.39 is 9.75 Å². The number of halogens is 4. The van der Waals surface area contributed by atoms with Crippen LogP contribution in [0.5, 0.6) is 0 Å². The van der Waals surface area contributed by atoms with Crippen LogP contribution in [0.2, 0.25) is 0 Å². The van der Waals surface area contributed by atoms with Gasteiger partial charge in [-0.3, -0.25) is 0 Å². The van der Waals surface area contributed by atoms with Crippen LogP contribution in [0, 0.1) is 23.7 Å². The van der Waals surface area contributed by atoms with Crippen molar-refractivity contribution in [3.63, 3.8) is 0 Å². The van der Waals surface area contributed by atoms with Crippen LogP contribution in [-0.2, 0) is 9.75 Å². The number of benzene rings is 1. The van der Waals surface area contributed by atoms with Crippen molar-refractivity contribution in [2.75, 3.05) is 0 Å². The first kappa shape index (κ1) is 16.4. The first-order valence-electron chi connectivity index (χ1n) is 9.20. The van der Waals surface area contributed by atoms with E-state index in [9.17, 15) is 0 Å². The number of hydrogen-bond donors (Lipinski definition) is 0. The Kier molecular flexibility index (Phi) is 3.21. The van der Waals surface area contributed by atoms with Gasteiger partial charge in [0.2, 0.25) is 0 Å². The van der Waals surface area contributed by atoms with Gasteiger partial charge < -0.3 is 0 Å². The fraction of sp³-hybridized carbons (Fsp3) is 0.500. The number of para-hydroxylation sites is 2. The monoisotopic (exact) mass is 424 g/mol. The fourth-order valence-corrected chi connectivity index (χ4v) is 8.07. The summed E-state index contributed by atoms with van der Waals surface area (Å²) in [5.74, 6) is 1.46. The number of alkyl halides is 2. The summed E-state index contributed by atoms with van der Waals surface area (Å²) < 4.78 is 0. The zero-order valence-corrected chi connectivity index (χ0v) is 16.9. The lowest BCUT2D eigenvalue weighted by atomic mass is 9.40. The maximum absolute atomic E-state index is 7.32. The van der Waals surface area contributed by atoms with E-state index in [1.807, 2.05) is 24.3 Å². The summed E-state index contributed by atoms with van der Waals surface area (Å²) in [5.41, 5.74) is 3.06. The number of nitrogens with zero attached hydrogens (tertiary/aromatic N) is 2. The lowest BCUT2D eigenvalue weighted by molar-refractivity contribution is -0.104. The van der Waals surface area contributed by atoms with Crippen molar-refractivity contribution in [2.24, 2.45) is 23.7 Å². The zero-order chi connectivity index (χ0) is 17.8. The average Bonchev–Trinajstić information content (AvgIpc) is 2.64. The molecule has 0 amide bonds. The molecule has 26 heavy (non-hydrogen) atoms. The van der Waals surface area contributed by atoms with Gasteiger partial charge in [0.25, 0.3) is 0 Å². The summed E-state index contributed by atoms with van der Waals surface area (Å²) in [6, 6.07) is 7.81. The topological polar surface area (TPSA) is 25.8 Å². The molecule has 6 heteroatoms. The molecule has 2 saturated carbocycles. The zero-order valence-electron chi connectivity index (χ0n) is 13.9. The van der Waals surface area contributed by atoms with Gasteiger partial charge in [-0.25, -0.2) is 9.97 Å². The van der Waals surface area contributed by atoms with Crippen molar-refractivity contribution >= 4 is 57.4 Å². The Bertz CT molecular complexity index is 926. The van der Waals surface area contributed by atoms with Gasteiger partial charge in [-0.15, -0.1) is 23.2 Å². The SMILES string of the molecule is ClC1=C(Cl)C2(Cl)c3nc4ccccc4nc3C1(Cl)C1C3CCCCC3C12. The molecule has 6 unspecified atom stereocenters. The molecule has 7 rings (SSSR count). The van der Waals surface area contributed by atoms with Crippen molar-refractivity contribution in [1.82, 2.24) is 9.97 Å². The molecule has 1 aromatic heterocycles. The maximum atomic E-state index is 7.32. The van der Waals surface area contributed by atoms with Gasteiger partial charge in [0, 0.05) is 0 Å². The molecule has 2 bridgehead atoms. The molecule has 0 saturated heterocycles. The molecule has 1 aromatic carbocycles. The van der Waals surface area contributed by atoms with Crippen molar-refractivity contribution in [3.8, 4) is 0 Å². The van der Waals surface area contributed by atoms with E-state index in [0.717, 1.165) is 11.0 Å². The van der Waals surface area contributed by atoms with Crippen LogP contribution >= 0.6 is 46.4 Å². The fourth-order valence-electron chi connectivity index (χ4n) is 6.20. The number of fused-ring (bicyclic) bond motifs is 2. The third-order valence-corrected chi connectivity index (χ3v) is 9.70. The average molecular weight is 426 g/mol. The molecule has 2 nitrogen and oxygen atoms in total. The Morgan fingerprint density at radius 2 is 1.19 bits per heavy atom. The number of hydrogen-bond acceptors (Lipinski definition) is 2. The summed E-state index contributed by atoms with van der Waals surface area (Å²) in [6.45, 7) is 0. The van der Waals surface area contributed by atoms with Crippen LogP contribution < -0.4 is 0 Å². The van der Waals surface area contributed by atoms with Gasteiger partial charge in [-0.1, -0.05) is 48.2 Å². The predicted molar refractivity (Wildman–Crippen MR) is 106 cm³/mol. The third kappa shape index (κ3) is 1.62. The third-order valence-electron chi connectivity index (χ3n) is 7.19. The van der Waals surface area contributed by atoms with Gasteiger partial charge in [-0.2, -0.15) is 0 Å². The lowest BCUT2D eigenvalue weighted by Crippen LogP contribution is -2.68. The standard InChI is InChI=1S/C20H16Cl4N2/c21-15-16(22)20(24)14-10-6-2-1-5-9(10)13(14)19(15,23)17-18(20)26-12-8-4-3-7-11(12)25-17/h3-4,7-10,13-14H,1-2,5-6H2. The van der Waals surface area contributed by atoms with E-state index in [4.69, 9.17) is 56.4 Å². The van der Waals surface area contributed by atoms with Gasteiger partial charge in [0.05, 0.1) is 32.5 Å². The first-order chi connectivity index (χ1) is 12.5. The largest absolute Gasteiger partial charge is 0.247 e. The van der Waals surface area contributed by atoms with Crippen molar-refractivity contribution in [1.29, 1.82) is 0 Å². The molecule has 6 atom stereocenters. The van der Waals surface area contributed by atoms with Crippen molar-refractivity contribution in [3.05, 3.63) is 45.7 Å². The molecule has 5 aliphatic carbocycles. The molecule has 0 radical (unpaired) electrons. The smallest absolute Gasteiger partial charge is 0.128 e. The van der Waals surface area contributed by atoms with E-state index in [1.165, 1.54) is 25.7 Å². The molecule has 1 heterocycles. The Labute approximate surface area is 171 Å². The van der Waals surface area contributed by atoms with Gasteiger partial charge in [0.15, 0.2) is 0 Å². The Hall–Kier alpha value is -0.540. The highest BCUT2D eigenvalue weighted by Gasteiger charge is 2.75. The number of aromatic nitrogens is 2. The number of rotatable bonds is 0. The van der Waals surface area contributed by atoms with Crippen LogP contribution in [0.25, 0.3) is 11.0 Å². The molecule has 0 N–H and O–H groups in total.